The normalized spacial score (nSPS) is 14.9. The molecule has 0 saturated carbocycles. The number of ether oxygens (including phenoxy) is 2. The minimum atomic E-state index is -0.362. The average Bonchev–Trinajstić information content (AvgIpc) is 3.02. The van der Waals surface area contributed by atoms with E-state index in [2.05, 4.69) is 10.1 Å². The highest BCUT2D eigenvalue weighted by atomic mass is 16.5. The molecule has 1 saturated heterocycles. The number of pyridine rings is 1. The topological polar surface area (TPSA) is 69.5 Å². The third-order valence-electron chi connectivity index (χ3n) is 3.41. The first kappa shape index (κ1) is 14.5. The second kappa shape index (κ2) is 6.57. The van der Waals surface area contributed by atoms with Crippen molar-refractivity contribution in [3.8, 4) is 5.69 Å². The number of aromatic nitrogens is 3. The fraction of sp³-hybridized carbons (Fsp3) is 0.400. The van der Waals surface area contributed by atoms with E-state index in [4.69, 9.17) is 9.47 Å². The molecule has 0 aliphatic carbocycles. The molecule has 1 aliphatic rings. The van der Waals surface area contributed by atoms with Gasteiger partial charge in [0, 0.05) is 25.5 Å². The van der Waals surface area contributed by atoms with E-state index in [9.17, 15) is 4.79 Å². The van der Waals surface area contributed by atoms with Crippen LogP contribution in [0.1, 0.15) is 17.3 Å². The number of carbonyl (C=O) groups is 1. The second-order valence-corrected chi connectivity index (χ2v) is 4.84. The van der Waals surface area contributed by atoms with Crippen LogP contribution in [-0.4, -0.2) is 53.6 Å². The second-order valence-electron chi connectivity index (χ2n) is 4.84. The molecular formula is C15H18N4O3. The van der Waals surface area contributed by atoms with Gasteiger partial charge in [-0.3, -0.25) is 4.98 Å². The van der Waals surface area contributed by atoms with E-state index in [0.717, 1.165) is 5.69 Å². The first-order valence-corrected chi connectivity index (χ1v) is 7.29. The smallest absolute Gasteiger partial charge is 0.343 e. The summed E-state index contributed by atoms with van der Waals surface area (Å²) >= 11 is 0. The Hall–Kier alpha value is -2.41. The van der Waals surface area contributed by atoms with E-state index in [-0.39, 0.29) is 5.97 Å². The summed E-state index contributed by atoms with van der Waals surface area (Å²) in [6.45, 7) is 4.79. The van der Waals surface area contributed by atoms with Crippen molar-refractivity contribution in [1.29, 1.82) is 0 Å². The third-order valence-corrected chi connectivity index (χ3v) is 3.41. The lowest BCUT2D eigenvalue weighted by molar-refractivity contribution is 0.0526. The summed E-state index contributed by atoms with van der Waals surface area (Å²) in [6, 6.07) is 3.72. The fourth-order valence-electron chi connectivity index (χ4n) is 2.35. The van der Waals surface area contributed by atoms with Crippen LogP contribution in [0.3, 0.4) is 0 Å². The zero-order chi connectivity index (χ0) is 15.4. The van der Waals surface area contributed by atoms with Crippen LogP contribution in [0.2, 0.25) is 0 Å². The van der Waals surface area contributed by atoms with Gasteiger partial charge in [0.15, 0.2) is 5.82 Å². The van der Waals surface area contributed by atoms with Gasteiger partial charge in [-0.15, -0.1) is 5.10 Å². The van der Waals surface area contributed by atoms with Crippen LogP contribution in [0.15, 0.2) is 30.7 Å². The molecule has 7 heteroatoms. The van der Waals surface area contributed by atoms with E-state index in [0.29, 0.717) is 44.3 Å². The number of anilines is 1. The summed E-state index contributed by atoms with van der Waals surface area (Å²) in [5.74, 6) is 0.268. The van der Waals surface area contributed by atoms with E-state index in [1.165, 1.54) is 0 Å². The van der Waals surface area contributed by atoms with Crippen molar-refractivity contribution in [3.05, 3.63) is 36.3 Å². The third kappa shape index (κ3) is 2.94. The number of morpholine rings is 1. The molecule has 1 fully saturated rings. The fourth-order valence-corrected chi connectivity index (χ4v) is 2.35. The highest BCUT2D eigenvalue weighted by Crippen LogP contribution is 2.22. The molecule has 3 heterocycles. The minimum absolute atomic E-state index is 0.333. The molecule has 0 radical (unpaired) electrons. The Morgan fingerprint density at radius 1 is 1.41 bits per heavy atom. The Balaban J connectivity index is 1.98. The zero-order valence-electron chi connectivity index (χ0n) is 12.4. The van der Waals surface area contributed by atoms with Gasteiger partial charge in [-0.2, -0.15) is 0 Å². The number of nitrogens with zero attached hydrogens (tertiary/aromatic N) is 4. The van der Waals surface area contributed by atoms with Crippen LogP contribution in [0.4, 0.5) is 5.82 Å². The SMILES string of the molecule is CCOC(=O)c1cn(-c2cccnc2)nc1N1CCOCC1. The van der Waals surface area contributed by atoms with E-state index >= 15 is 0 Å². The molecule has 0 amide bonds. The molecule has 0 bridgehead atoms. The summed E-state index contributed by atoms with van der Waals surface area (Å²) in [4.78, 5) is 18.3. The van der Waals surface area contributed by atoms with Gasteiger partial charge in [0.1, 0.15) is 5.56 Å². The highest BCUT2D eigenvalue weighted by Gasteiger charge is 2.24. The molecule has 0 N–H and O–H groups in total. The predicted octanol–water partition coefficient (Wildman–Crippen LogP) is 1.28. The molecular weight excluding hydrogens is 284 g/mol. The maximum atomic E-state index is 12.2. The number of esters is 1. The molecule has 116 valence electrons. The number of hydrogen-bond acceptors (Lipinski definition) is 6. The van der Waals surface area contributed by atoms with Crippen LogP contribution in [0.5, 0.6) is 0 Å². The van der Waals surface area contributed by atoms with Crippen LogP contribution in [0.25, 0.3) is 5.69 Å². The van der Waals surface area contributed by atoms with Crippen molar-refractivity contribution in [2.75, 3.05) is 37.8 Å². The lowest BCUT2D eigenvalue weighted by atomic mass is 10.3. The Labute approximate surface area is 128 Å². The monoisotopic (exact) mass is 302 g/mol. The van der Waals surface area contributed by atoms with Crippen molar-refractivity contribution >= 4 is 11.8 Å². The van der Waals surface area contributed by atoms with Crippen LogP contribution in [-0.2, 0) is 9.47 Å². The maximum absolute atomic E-state index is 12.2. The van der Waals surface area contributed by atoms with Gasteiger partial charge in [0.2, 0.25) is 0 Å². The Bertz CT molecular complexity index is 635. The Morgan fingerprint density at radius 3 is 2.91 bits per heavy atom. The molecule has 0 atom stereocenters. The summed E-state index contributed by atoms with van der Waals surface area (Å²) in [6.07, 6.45) is 5.09. The zero-order valence-corrected chi connectivity index (χ0v) is 12.4. The van der Waals surface area contributed by atoms with Gasteiger partial charge in [-0.05, 0) is 19.1 Å². The van der Waals surface area contributed by atoms with Gasteiger partial charge >= 0.3 is 5.97 Å². The van der Waals surface area contributed by atoms with Gasteiger partial charge in [-0.1, -0.05) is 0 Å². The largest absolute Gasteiger partial charge is 0.462 e. The number of carbonyl (C=O) groups excluding carboxylic acids is 1. The summed E-state index contributed by atoms with van der Waals surface area (Å²) in [5.41, 5.74) is 1.26. The van der Waals surface area contributed by atoms with Gasteiger partial charge < -0.3 is 14.4 Å². The Kier molecular flexibility index (Phi) is 4.34. The summed E-state index contributed by atoms with van der Waals surface area (Å²) in [7, 11) is 0. The number of hydrogen-bond donors (Lipinski definition) is 0. The van der Waals surface area contributed by atoms with Crippen molar-refractivity contribution < 1.29 is 14.3 Å². The molecule has 1 aliphatic heterocycles. The van der Waals surface area contributed by atoms with Gasteiger partial charge in [0.25, 0.3) is 0 Å². The van der Waals surface area contributed by atoms with E-state index < -0.39 is 0 Å². The first-order valence-electron chi connectivity index (χ1n) is 7.29. The molecule has 2 aromatic heterocycles. The molecule has 3 rings (SSSR count). The quantitative estimate of drug-likeness (QED) is 0.793. The van der Waals surface area contributed by atoms with Crippen molar-refractivity contribution in [2.24, 2.45) is 0 Å². The lowest BCUT2D eigenvalue weighted by Gasteiger charge is -2.27. The van der Waals surface area contributed by atoms with Crippen LogP contribution in [0, 0.1) is 0 Å². The van der Waals surface area contributed by atoms with E-state index in [1.807, 2.05) is 17.0 Å². The molecule has 0 aromatic carbocycles. The molecule has 0 unspecified atom stereocenters. The molecule has 22 heavy (non-hydrogen) atoms. The highest BCUT2D eigenvalue weighted by molar-refractivity contribution is 5.94. The molecule has 2 aromatic rings. The standard InChI is InChI=1S/C15H18N4O3/c1-2-22-15(20)13-11-19(12-4-3-5-16-10-12)17-14(13)18-6-8-21-9-7-18/h3-5,10-11H,2,6-9H2,1H3. The molecule has 7 nitrogen and oxygen atoms in total. The van der Waals surface area contributed by atoms with Crippen molar-refractivity contribution in [1.82, 2.24) is 14.8 Å². The lowest BCUT2D eigenvalue weighted by Crippen LogP contribution is -2.37. The van der Waals surface area contributed by atoms with Crippen LogP contribution < -0.4 is 4.90 Å². The average molecular weight is 302 g/mol. The van der Waals surface area contributed by atoms with Gasteiger partial charge in [0.05, 0.1) is 31.7 Å². The minimum Gasteiger partial charge on any atom is -0.462 e. The van der Waals surface area contributed by atoms with Crippen molar-refractivity contribution in [3.63, 3.8) is 0 Å². The molecule has 0 spiro atoms. The number of rotatable bonds is 4. The summed E-state index contributed by atoms with van der Waals surface area (Å²) in [5, 5.41) is 4.55. The van der Waals surface area contributed by atoms with Crippen LogP contribution >= 0.6 is 0 Å². The Morgan fingerprint density at radius 2 is 2.23 bits per heavy atom. The van der Waals surface area contributed by atoms with Crippen molar-refractivity contribution in [2.45, 2.75) is 6.92 Å². The van der Waals surface area contributed by atoms with Gasteiger partial charge in [-0.25, -0.2) is 9.48 Å². The first-order chi connectivity index (χ1) is 10.8. The predicted molar refractivity (Wildman–Crippen MR) is 80.3 cm³/mol. The van der Waals surface area contributed by atoms with E-state index in [1.54, 1.807) is 30.2 Å². The summed E-state index contributed by atoms with van der Waals surface area (Å²) < 4.78 is 12.2. The maximum Gasteiger partial charge on any atom is 0.343 e.